The fourth-order valence-corrected chi connectivity index (χ4v) is 3.81. The molecule has 1 fully saturated rings. The van der Waals surface area contributed by atoms with Gasteiger partial charge in [-0.05, 0) is 53.1 Å². The summed E-state index contributed by atoms with van der Waals surface area (Å²) in [6.45, 7) is 2.91. The van der Waals surface area contributed by atoms with Gasteiger partial charge in [-0.3, -0.25) is 4.79 Å². The summed E-state index contributed by atoms with van der Waals surface area (Å²) in [4.78, 5) is 26.9. The molecule has 0 unspecified atom stereocenters. The average molecular weight is 447 g/mol. The maximum Gasteiger partial charge on any atom is 0.337 e. The second-order valence-electron chi connectivity index (χ2n) is 7.73. The molecule has 1 aliphatic rings. The zero-order valence-electron chi connectivity index (χ0n) is 18.0. The van der Waals surface area contributed by atoms with E-state index in [0.717, 1.165) is 22.4 Å². The summed E-state index contributed by atoms with van der Waals surface area (Å²) in [6.07, 6.45) is 0. The van der Waals surface area contributed by atoms with E-state index < -0.39 is 11.9 Å². The number of morpholine rings is 1. The number of carboxylic acids is 1. The zero-order chi connectivity index (χ0) is 23.4. The number of nitrogens with zero attached hydrogens (tertiary/aromatic N) is 1. The summed E-state index contributed by atoms with van der Waals surface area (Å²) in [6, 6.07) is 17.1. The first-order valence-electron chi connectivity index (χ1n) is 10.6. The molecule has 1 aliphatic heterocycles. The SMILES string of the molecule is NCc1cccc(-c2ccc(C(=O)O)c(NC(=O)c3cc(N4CCOCC4)ccc3O)c2)c1. The monoisotopic (exact) mass is 447 g/mol. The minimum atomic E-state index is -1.17. The number of hydrogen-bond donors (Lipinski definition) is 4. The fourth-order valence-electron chi connectivity index (χ4n) is 3.81. The van der Waals surface area contributed by atoms with Gasteiger partial charge in [0.15, 0.2) is 0 Å². The lowest BCUT2D eigenvalue weighted by Crippen LogP contribution is -2.36. The number of carboxylic acid groups (broad SMARTS) is 1. The van der Waals surface area contributed by atoms with Crippen LogP contribution < -0.4 is 16.0 Å². The summed E-state index contributed by atoms with van der Waals surface area (Å²) in [7, 11) is 0. The first-order chi connectivity index (χ1) is 16.0. The fraction of sp³-hybridized carbons (Fsp3) is 0.200. The number of nitrogens with one attached hydrogen (secondary N) is 1. The van der Waals surface area contributed by atoms with Gasteiger partial charge < -0.3 is 30.9 Å². The number of aromatic carboxylic acids is 1. The molecule has 8 nitrogen and oxygen atoms in total. The third-order valence-electron chi connectivity index (χ3n) is 5.60. The Morgan fingerprint density at radius 2 is 1.73 bits per heavy atom. The maximum absolute atomic E-state index is 13.1. The number of rotatable bonds is 6. The Balaban J connectivity index is 1.66. The lowest BCUT2D eigenvalue weighted by Gasteiger charge is -2.29. The summed E-state index contributed by atoms with van der Waals surface area (Å²) < 4.78 is 5.37. The average Bonchev–Trinajstić information content (AvgIpc) is 2.84. The predicted molar refractivity (Wildman–Crippen MR) is 126 cm³/mol. The second-order valence-corrected chi connectivity index (χ2v) is 7.73. The van der Waals surface area contributed by atoms with Crippen LogP contribution in [-0.4, -0.2) is 48.4 Å². The Morgan fingerprint density at radius 3 is 2.45 bits per heavy atom. The number of phenols is 1. The van der Waals surface area contributed by atoms with Gasteiger partial charge in [0.05, 0.1) is 30.0 Å². The molecular formula is C25H25N3O5. The number of ether oxygens (including phenoxy) is 1. The van der Waals surface area contributed by atoms with Gasteiger partial charge in [0.25, 0.3) is 5.91 Å². The number of hydrogen-bond acceptors (Lipinski definition) is 6. The highest BCUT2D eigenvalue weighted by Crippen LogP contribution is 2.29. The molecule has 1 amide bonds. The molecule has 170 valence electrons. The molecule has 3 aromatic carbocycles. The first-order valence-corrected chi connectivity index (χ1v) is 10.6. The van der Waals surface area contributed by atoms with Crippen LogP contribution in [0.3, 0.4) is 0 Å². The van der Waals surface area contributed by atoms with E-state index in [1.165, 1.54) is 12.1 Å². The minimum absolute atomic E-state index is 0.0501. The molecule has 1 saturated heterocycles. The van der Waals surface area contributed by atoms with Crippen LogP contribution in [0.15, 0.2) is 60.7 Å². The number of benzene rings is 3. The van der Waals surface area contributed by atoms with E-state index in [9.17, 15) is 19.8 Å². The first kappa shape index (κ1) is 22.3. The van der Waals surface area contributed by atoms with Crippen molar-refractivity contribution >= 4 is 23.3 Å². The van der Waals surface area contributed by atoms with Crippen LogP contribution in [0, 0.1) is 0 Å². The van der Waals surface area contributed by atoms with Gasteiger partial charge in [-0.2, -0.15) is 0 Å². The smallest absolute Gasteiger partial charge is 0.337 e. The van der Waals surface area contributed by atoms with E-state index in [1.807, 2.05) is 24.3 Å². The van der Waals surface area contributed by atoms with Crippen molar-refractivity contribution in [3.05, 3.63) is 77.4 Å². The lowest BCUT2D eigenvalue weighted by atomic mass is 10.00. The van der Waals surface area contributed by atoms with Crippen molar-refractivity contribution in [2.45, 2.75) is 6.54 Å². The van der Waals surface area contributed by atoms with Gasteiger partial charge >= 0.3 is 5.97 Å². The molecule has 33 heavy (non-hydrogen) atoms. The van der Waals surface area contributed by atoms with Gasteiger partial charge in [-0.15, -0.1) is 0 Å². The minimum Gasteiger partial charge on any atom is -0.507 e. The normalized spacial score (nSPS) is 13.5. The van der Waals surface area contributed by atoms with Crippen molar-refractivity contribution in [1.29, 1.82) is 0 Å². The Morgan fingerprint density at radius 1 is 0.970 bits per heavy atom. The molecule has 0 saturated carbocycles. The maximum atomic E-state index is 13.1. The van der Waals surface area contributed by atoms with Crippen LogP contribution in [0.5, 0.6) is 5.75 Å². The molecule has 0 radical (unpaired) electrons. The van der Waals surface area contributed by atoms with E-state index in [0.29, 0.717) is 32.8 Å². The molecule has 3 aromatic rings. The molecule has 5 N–H and O–H groups in total. The summed E-state index contributed by atoms with van der Waals surface area (Å²) in [5, 5.41) is 22.6. The van der Waals surface area contributed by atoms with Crippen LogP contribution in [0.4, 0.5) is 11.4 Å². The van der Waals surface area contributed by atoms with Crippen molar-refractivity contribution in [2.75, 3.05) is 36.5 Å². The molecule has 0 spiro atoms. The molecule has 1 heterocycles. The quantitative estimate of drug-likeness (QED) is 0.457. The molecule has 0 aliphatic carbocycles. The standard InChI is InChI=1S/C25H25N3O5/c26-15-16-2-1-3-17(12-16)18-4-6-20(25(31)32)22(13-18)27-24(30)21-14-19(5-7-23(21)29)28-8-10-33-11-9-28/h1-7,12-14,29H,8-11,15,26H2,(H,27,30)(H,31,32). The van der Waals surface area contributed by atoms with Crippen LogP contribution in [0.2, 0.25) is 0 Å². The number of anilines is 2. The Labute approximate surface area is 191 Å². The van der Waals surface area contributed by atoms with Crippen LogP contribution >= 0.6 is 0 Å². The van der Waals surface area contributed by atoms with Crippen molar-refractivity contribution in [3.8, 4) is 16.9 Å². The van der Waals surface area contributed by atoms with E-state index in [4.69, 9.17) is 10.5 Å². The molecule has 0 atom stereocenters. The summed E-state index contributed by atoms with van der Waals surface area (Å²) >= 11 is 0. The third-order valence-corrected chi connectivity index (χ3v) is 5.60. The van der Waals surface area contributed by atoms with E-state index in [2.05, 4.69) is 10.2 Å². The summed E-state index contributed by atoms with van der Waals surface area (Å²) in [5.74, 6) is -1.95. The third kappa shape index (κ3) is 4.97. The highest BCUT2D eigenvalue weighted by atomic mass is 16.5. The van der Waals surface area contributed by atoms with Gasteiger partial charge in [-0.25, -0.2) is 4.79 Å². The van der Waals surface area contributed by atoms with Gasteiger partial charge in [0.1, 0.15) is 5.75 Å². The Kier molecular flexibility index (Phi) is 6.58. The van der Waals surface area contributed by atoms with E-state index in [1.54, 1.807) is 24.3 Å². The lowest BCUT2D eigenvalue weighted by molar-refractivity contribution is 0.0698. The molecule has 4 rings (SSSR count). The zero-order valence-corrected chi connectivity index (χ0v) is 18.0. The largest absolute Gasteiger partial charge is 0.507 e. The van der Waals surface area contributed by atoms with Crippen LogP contribution in [0.1, 0.15) is 26.3 Å². The number of carbonyl (C=O) groups excluding carboxylic acids is 1. The summed E-state index contributed by atoms with van der Waals surface area (Å²) in [5.41, 5.74) is 9.18. The van der Waals surface area contributed by atoms with Gasteiger partial charge in [-0.1, -0.05) is 24.3 Å². The van der Waals surface area contributed by atoms with Gasteiger partial charge in [0, 0.05) is 25.3 Å². The number of phenolic OH excluding ortho intramolecular Hbond substituents is 1. The number of nitrogens with two attached hydrogens (primary N) is 1. The van der Waals surface area contributed by atoms with Crippen LogP contribution in [0.25, 0.3) is 11.1 Å². The van der Waals surface area contributed by atoms with Crippen LogP contribution in [-0.2, 0) is 11.3 Å². The molecule has 8 heteroatoms. The number of carbonyl (C=O) groups is 2. The number of aromatic hydroxyl groups is 1. The molecule has 0 aromatic heterocycles. The van der Waals surface area contributed by atoms with E-state index >= 15 is 0 Å². The Hall–Kier alpha value is -3.88. The topological polar surface area (TPSA) is 125 Å². The van der Waals surface area contributed by atoms with Crippen molar-refractivity contribution in [3.63, 3.8) is 0 Å². The Bertz CT molecular complexity index is 1190. The molecular weight excluding hydrogens is 422 g/mol. The number of amides is 1. The van der Waals surface area contributed by atoms with Gasteiger partial charge in [0.2, 0.25) is 0 Å². The van der Waals surface area contributed by atoms with Crippen molar-refractivity contribution in [1.82, 2.24) is 0 Å². The highest BCUT2D eigenvalue weighted by molar-refractivity contribution is 6.10. The highest BCUT2D eigenvalue weighted by Gasteiger charge is 2.19. The second kappa shape index (κ2) is 9.72. The predicted octanol–water partition coefficient (Wildman–Crippen LogP) is 3.31. The van der Waals surface area contributed by atoms with E-state index in [-0.39, 0.29) is 22.6 Å². The van der Waals surface area contributed by atoms with Crippen molar-refractivity contribution < 1.29 is 24.5 Å². The molecule has 0 bridgehead atoms. The van der Waals surface area contributed by atoms with Crippen molar-refractivity contribution in [2.24, 2.45) is 5.73 Å².